The highest BCUT2D eigenvalue weighted by molar-refractivity contribution is 5.99. The zero-order valence-electron chi connectivity index (χ0n) is 10.7. The van der Waals surface area contributed by atoms with Gasteiger partial charge in [-0.1, -0.05) is 0 Å². The number of carbonyl (C=O) groups is 2. The van der Waals surface area contributed by atoms with Gasteiger partial charge in [-0.05, 0) is 25.8 Å². The highest BCUT2D eigenvalue weighted by Gasteiger charge is 2.25. The van der Waals surface area contributed by atoms with Crippen molar-refractivity contribution in [2.75, 3.05) is 13.1 Å². The Hall–Kier alpha value is -1.62. The van der Waals surface area contributed by atoms with Crippen molar-refractivity contribution in [3.63, 3.8) is 0 Å². The molecule has 0 spiro atoms. The number of likely N-dealkylation sites (tertiary alicyclic amines) is 1. The van der Waals surface area contributed by atoms with Gasteiger partial charge >= 0.3 is 0 Å². The summed E-state index contributed by atoms with van der Waals surface area (Å²) in [5, 5.41) is 9.58. The van der Waals surface area contributed by atoms with Crippen molar-refractivity contribution in [3.05, 3.63) is 23.5 Å². The van der Waals surface area contributed by atoms with Crippen molar-refractivity contribution in [1.29, 1.82) is 0 Å². The number of Topliss-reactive ketones (excluding diaryl/α,β-unsaturated/α-hetero) is 1. The summed E-state index contributed by atoms with van der Waals surface area (Å²) in [6.07, 6.45) is 2.79. The summed E-state index contributed by atoms with van der Waals surface area (Å²) in [6, 6.07) is 1.62. The van der Waals surface area contributed by atoms with Crippen molar-refractivity contribution in [2.24, 2.45) is 7.05 Å². The number of carbonyl (C=O) groups excluding carboxylic acids is 2. The van der Waals surface area contributed by atoms with Gasteiger partial charge in [0.1, 0.15) is 5.69 Å². The van der Waals surface area contributed by atoms with Gasteiger partial charge in [0, 0.05) is 31.9 Å². The third-order valence-corrected chi connectivity index (χ3v) is 3.31. The first-order valence-electron chi connectivity index (χ1n) is 6.13. The van der Waals surface area contributed by atoms with Crippen LogP contribution in [0.1, 0.15) is 40.6 Å². The number of aliphatic hydroxyl groups excluding tert-OH is 1. The quantitative estimate of drug-likeness (QED) is 0.791. The summed E-state index contributed by atoms with van der Waals surface area (Å²) in [7, 11) is 1.75. The fourth-order valence-corrected chi connectivity index (χ4v) is 2.27. The molecule has 2 rings (SSSR count). The maximum absolute atomic E-state index is 12.3. The van der Waals surface area contributed by atoms with E-state index in [1.54, 1.807) is 28.8 Å². The summed E-state index contributed by atoms with van der Waals surface area (Å²) in [6.45, 7) is 2.52. The fraction of sp³-hybridized carbons (Fsp3) is 0.538. The predicted octanol–water partition coefficient (Wildman–Crippen LogP) is 0.825. The largest absolute Gasteiger partial charge is 0.391 e. The van der Waals surface area contributed by atoms with Gasteiger partial charge in [-0.2, -0.15) is 0 Å². The molecular formula is C13H18N2O3. The molecule has 0 saturated carbocycles. The van der Waals surface area contributed by atoms with Gasteiger partial charge in [-0.15, -0.1) is 0 Å². The first-order valence-corrected chi connectivity index (χ1v) is 6.13. The summed E-state index contributed by atoms with van der Waals surface area (Å²) in [5.41, 5.74) is 1.03. The molecule has 0 unspecified atom stereocenters. The summed E-state index contributed by atoms with van der Waals surface area (Å²) < 4.78 is 1.67. The smallest absolute Gasteiger partial charge is 0.270 e. The summed E-state index contributed by atoms with van der Waals surface area (Å²) in [5.74, 6) is -0.174. The summed E-state index contributed by atoms with van der Waals surface area (Å²) >= 11 is 0. The van der Waals surface area contributed by atoms with E-state index < -0.39 is 6.10 Å². The lowest BCUT2D eigenvalue weighted by Gasteiger charge is -2.30. The average molecular weight is 250 g/mol. The molecule has 0 radical (unpaired) electrons. The molecule has 1 aliphatic rings. The molecule has 0 aromatic carbocycles. The Morgan fingerprint density at radius 3 is 2.72 bits per heavy atom. The van der Waals surface area contributed by atoms with Crippen LogP contribution in [0.2, 0.25) is 0 Å². The Morgan fingerprint density at radius 2 is 2.17 bits per heavy atom. The number of hydrogen-bond acceptors (Lipinski definition) is 3. The van der Waals surface area contributed by atoms with Gasteiger partial charge in [0.25, 0.3) is 5.91 Å². The van der Waals surface area contributed by atoms with E-state index in [2.05, 4.69) is 0 Å². The average Bonchev–Trinajstić information content (AvgIpc) is 2.70. The maximum Gasteiger partial charge on any atom is 0.270 e. The number of aliphatic hydroxyl groups is 1. The van der Waals surface area contributed by atoms with Crippen LogP contribution in [0.25, 0.3) is 0 Å². The van der Waals surface area contributed by atoms with E-state index in [-0.39, 0.29) is 11.7 Å². The number of ketones is 1. The molecule has 98 valence electrons. The Labute approximate surface area is 106 Å². The minimum Gasteiger partial charge on any atom is -0.391 e. The van der Waals surface area contributed by atoms with E-state index in [0.29, 0.717) is 24.3 Å². The van der Waals surface area contributed by atoms with Crippen LogP contribution in [-0.4, -0.2) is 45.5 Å². The molecule has 1 fully saturated rings. The van der Waals surface area contributed by atoms with Gasteiger partial charge in [0.15, 0.2) is 5.78 Å². The monoisotopic (exact) mass is 250 g/mol. The van der Waals surface area contributed by atoms with Gasteiger partial charge < -0.3 is 14.6 Å². The molecule has 1 aliphatic heterocycles. The van der Waals surface area contributed by atoms with Crippen LogP contribution in [-0.2, 0) is 7.05 Å². The second-order valence-electron chi connectivity index (χ2n) is 4.83. The number of aryl methyl sites for hydroxylation is 1. The minimum absolute atomic E-state index is 0.0525. The second-order valence-corrected chi connectivity index (χ2v) is 4.83. The van der Waals surface area contributed by atoms with Crippen molar-refractivity contribution in [3.8, 4) is 0 Å². The molecule has 0 bridgehead atoms. The van der Waals surface area contributed by atoms with Gasteiger partial charge in [-0.25, -0.2) is 0 Å². The number of piperidine rings is 1. The standard InChI is InChI=1S/C13H18N2O3/c1-9(16)10-6-12(14(2)7-10)13(18)15-5-3-4-11(17)8-15/h6-7,11,17H,3-5,8H2,1-2H3/t11-/m0/s1. The Balaban J connectivity index is 2.20. The van der Waals surface area contributed by atoms with E-state index in [0.717, 1.165) is 12.8 Å². The molecular weight excluding hydrogens is 232 g/mol. The SMILES string of the molecule is CC(=O)c1cc(C(=O)N2CCC[C@H](O)C2)n(C)c1. The molecule has 1 aromatic rings. The first-order chi connectivity index (χ1) is 8.49. The number of β-amino-alcohol motifs (C(OH)–C–C–N with tert-alkyl or cyclic N) is 1. The Bertz CT molecular complexity index is 479. The highest BCUT2D eigenvalue weighted by atomic mass is 16.3. The third-order valence-electron chi connectivity index (χ3n) is 3.31. The lowest BCUT2D eigenvalue weighted by Crippen LogP contribution is -2.42. The van der Waals surface area contributed by atoms with E-state index in [1.807, 2.05) is 0 Å². The number of nitrogens with zero attached hydrogens (tertiary/aromatic N) is 2. The van der Waals surface area contributed by atoms with Gasteiger partial charge in [-0.3, -0.25) is 9.59 Å². The predicted molar refractivity (Wildman–Crippen MR) is 66.6 cm³/mol. The zero-order chi connectivity index (χ0) is 13.3. The zero-order valence-corrected chi connectivity index (χ0v) is 10.7. The molecule has 1 saturated heterocycles. The van der Waals surface area contributed by atoms with Crippen LogP contribution in [0.4, 0.5) is 0 Å². The van der Waals surface area contributed by atoms with Crippen LogP contribution >= 0.6 is 0 Å². The van der Waals surface area contributed by atoms with Crippen molar-refractivity contribution in [2.45, 2.75) is 25.9 Å². The van der Waals surface area contributed by atoms with Crippen molar-refractivity contribution in [1.82, 2.24) is 9.47 Å². The number of aromatic nitrogens is 1. The van der Waals surface area contributed by atoms with Crippen LogP contribution in [0, 0.1) is 0 Å². The topological polar surface area (TPSA) is 62.5 Å². The molecule has 0 aliphatic carbocycles. The van der Waals surface area contributed by atoms with E-state index >= 15 is 0 Å². The van der Waals surface area contributed by atoms with Crippen LogP contribution < -0.4 is 0 Å². The van der Waals surface area contributed by atoms with E-state index in [4.69, 9.17) is 0 Å². The van der Waals surface area contributed by atoms with Crippen molar-refractivity contribution >= 4 is 11.7 Å². The first kappa shape index (κ1) is 12.8. The molecule has 5 heteroatoms. The van der Waals surface area contributed by atoms with Crippen LogP contribution in [0.15, 0.2) is 12.3 Å². The van der Waals surface area contributed by atoms with E-state index in [1.165, 1.54) is 6.92 Å². The van der Waals surface area contributed by atoms with Crippen LogP contribution in [0.5, 0.6) is 0 Å². The molecule has 1 atom stereocenters. The third kappa shape index (κ3) is 2.46. The number of hydrogen-bond donors (Lipinski definition) is 1. The molecule has 2 heterocycles. The second kappa shape index (κ2) is 4.94. The molecule has 1 aromatic heterocycles. The molecule has 18 heavy (non-hydrogen) atoms. The lowest BCUT2D eigenvalue weighted by molar-refractivity contribution is 0.0466. The normalized spacial score (nSPS) is 19.9. The molecule has 1 amide bonds. The molecule has 1 N–H and O–H groups in total. The maximum atomic E-state index is 12.3. The number of amides is 1. The fourth-order valence-electron chi connectivity index (χ4n) is 2.27. The van der Waals surface area contributed by atoms with E-state index in [9.17, 15) is 14.7 Å². The molecule has 5 nitrogen and oxygen atoms in total. The van der Waals surface area contributed by atoms with Crippen molar-refractivity contribution < 1.29 is 14.7 Å². The highest BCUT2D eigenvalue weighted by Crippen LogP contribution is 2.15. The Morgan fingerprint density at radius 1 is 1.44 bits per heavy atom. The van der Waals surface area contributed by atoms with Crippen LogP contribution in [0.3, 0.4) is 0 Å². The Kier molecular flexibility index (Phi) is 3.52. The lowest BCUT2D eigenvalue weighted by atomic mass is 10.1. The minimum atomic E-state index is -0.435. The van der Waals surface area contributed by atoms with Gasteiger partial charge in [0.05, 0.1) is 6.10 Å². The summed E-state index contributed by atoms with van der Waals surface area (Å²) in [4.78, 5) is 25.2. The van der Waals surface area contributed by atoms with Gasteiger partial charge in [0.2, 0.25) is 0 Å². The number of rotatable bonds is 2.